The summed E-state index contributed by atoms with van der Waals surface area (Å²) in [6.45, 7) is 2.10. The van der Waals surface area contributed by atoms with E-state index < -0.39 is 0 Å². The third-order valence-electron chi connectivity index (χ3n) is 2.82. The van der Waals surface area contributed by atoms with Crippen molar-refractivity contribution < 1.29 is 0 Å². The molecule has 0 saturated carbocycles. The van der Waals surface area contributed by atoms with Crippen LogP contribution in [0.5, 0.6) is 0 Å². The number of hydrogen-bond acceptors (Lipinski definition) is 2. The quantitative estimate of drug-likeness (QED) is 0.849. The fourth-order valence-corrected chi connectivity index (χ4v) is 1.86. The van der Waals surface area contributed by atoms with Crippen molar-refractivity contribution in [1.29, 1.82) is 0 Å². The zero-order valence-corrected chi connectivity index (χ0v) is 9.94. The van der Waals surface area contributed by atoms with Crippen LogP contribution in [0.1, 0.15) is 23.0 Å². The molecule has 0 aliphatic carbocycles. The van der Waals surface area contributed by atoms with Gasteiger partial charge in [-0.2, -0.15) is 0 Å². The minimum Gasteiger partial charge on any atom is -0.336 e. The molecule has 2 aromatic rings. The minimum atomic E-state index is 0.153. The normalized spacial score (nSPS) is 12.7. The fraction of sp³-hybridized carbons (Fsp3) is 0.308. The molecule has 1 aromatic carbocycles. The Morgan fingerprint density at radius 3 is 2.44 bits per heavy atom. The first-order valence-corrected chi connectivity index (χ1v) is 5.43. The second-order valence-electron chi connectivity index (χ2n) is 4.03. The highest BCUT2D eigenvalue weighted by molar-refractivity contribution is 5.28. The standard InChI is InChI=1S/C13H17N3/c1-10-4-6-11(7-5-10)12(14-2)13-15-8-9-16(13)3/h4-9,12,14H,1-3H3. The Labute approximate surface area is 96.1 Å². The van der Waals surface area contributed by atoms with E-state index in [0.717, 1.165) is 5.82 Å². The van der Waals surface area contributed by atoms with Crippen LogP contribution >= 0.6 is 0 Å². The number of nitrogens with one attached hydrogen (secondary N) is 1. The Hall–Kier alpha value is -1.61. The third-order valence-corrected chi connectivity index (χ3v) is 2.82. The predicted molar refractivity (Wildman–Crippen MR) is 65.3 cm³/mol. The van der Waals surface area contributed by atoms with Crippen LogP contribution in [0.2, 0.25) is 0 Å². The molecule has 1 N–H and O–H groups in total. The Morgan fingerprint density at radius 2 is 1.94 bits per heavy atom. The number of imidazole rings is 1. The lowest BCUT2D eigenvalue weighted by molar-refractivity contribution is 0.617. The number of nitrogens with zero attached hydrogens (tertiary/aromatic N) is 2. The number of benzene rings is 1. The summed E-state index contributed by atoms with van der Waals surface area (Å²) in [4.78, 5) is 4.39. The Morgan fingerprint density at radius 1 is 1.25 bits per heavy atom. The molecule has 16 heavy (non-hydrogen) atoms. The van der Waals surface area contributed by atoms with Gasteiger partial charge in [-0.3, -0.25) is 0 Å². The third kappa shape index (κ3) is 1.99. The maximum Gasteiger partial charge on any atom is 0.130 e. The van der Waals surface area contributed by atoms with Crippen LogP contribution < -0.4 is 5.32 Å². The highest BCUT2D eigenvalue weighted by Crippen LogP contribution is 2.19. The van der Waals surface area contributed by atoms with Crippen molar-refractivity contribution in [1.82, 2.24) is 14.9 Å². The van der Waals surface area contributed by atoms with Gasteiger partial charge in [0, 0.05) is 19.4 Å². The van der Waals surface area contributed by atoms with Gasteiger partial charge in [0.1, 0.15) is 5.82 Å². The van der Waals surface area contributed by atoms with Crippen LogP contribution in [0, 0.1) is 6.92 Å². The molecule has 0 aliphatic heterocycles. The first-order valence-electron chi connectivity index (χ1n) is 5.43. The van der Waals surface area contributed by atoms with E-state index in [1.54, 1.807) is 0 Å². The first-order chi connectivity index (χ1) is 7.72. The molecule has 0 spiro atoms. The highest BCUT2D eigenvalue weighted by atomic mass is 15.1. The van der Waals surface area contributed by atoms with Crippen LogP contribution in [0.3, 0.4) is 0 Å². The lowest BCUT2D eigenvalue weighted by Gasteiger charge is -2.16. The van der Waals surface area contributed by atoms with Crippen molar-refractivity contribution in [2.24, 2.45) is 7.05 Å². The average Bonchev–Trinajstić information content (AvgIpc) is 2.69. The number of aryl methyl sites for hydroxylation is 2. The van der Waals surface area contributed by atoms with Gasteiger partial charge in [-0.05, 0) is 19.5 Å². The lowest BCUT2D eigenvalue weighted by Crippen LogP contribution is -2.21. The van der Waals surface area contributed by atoms with Gasteiger partial charge < -0.3 is 9.88 Å². The number of aromatic nitrogens is 2. The SMILES string of the molecule is CNC(c1ccc(C)cc1)c1nccn1C. The zero-order valence-electron chi connectivity index (χ0n) is 9.94. The molecule has 1 atom stereocenters. The summed E-state index contributed by atoms with van der Waals surface area (Å²) in [5.74, 6) is 1.03. The second-order valence-corrected chi connectivity index (χ2v) is 4.03. The molecular formula is C13H17N3. The van der Waals surface area contributed by atoms with Gasteiger partial charge in [-0.1, -0.05) is 29.8 Å². The lowest BCUT2D eigenvalue weighted by atomic mass is 10.0. The van der Waals surface area contributed by atoms with E-state index in [-0.39, 0.29) is 6.04 Å². The van der Waals surface area contributed by atoms with Gasteiger partial charge >= 0.3 is 0 Å². The van der Waals surface area contributed by atoms with Crippen molar-refractivity contribution in [2.45, 2.75) is 13.0 Å². The van der Waals surface area contributed by atoms with Gasteiger partial charge in [0.25, 0.3) is 0 Å². The number of rotatable bonds is 3. The van der Waals surface area contributed by atoms with Crippen molar-refractivity contribution in [3.8, 4) is 0 Å². The summed E-state index contributed by atoms with van der Waals surface area (Å²) in [7, 11) is 3.97. The smallest absolute Gasteiger partial charge is 0.130 e. The molecule has 2 rings (SSSR count). The van der Waals surface area contributed by atoms with Crippen LogP contribution in [0.15, 0.2) is 36.7 Å². The van der Waals surface area contributed by atoms with E-state index in [1.807, 2.05) is 31.1 Å². The van der Waals surface area contributed by atoms with Crippen molar-refractivity contribution >= 4 is 0 Å². The predicted octanol–water partition coefficient (Wildman–Crippen LogP) is 2.04. The molecule has 3 heteroatoms. The molecule has 0 amide bonds. The molecule has 3 nitrogen and oxygen atoms in total. The first kappa shape index (κ1) is 10.9. The van der Waals surface area contributed by atoms with Crippen molar-refractivity contribution in [3.63, 3.8) is 0 Å². The Bertz CT molecular complexity index is 456. The maximum atomic E-state index is 4.39. The Kier molecular flexibility index (Phi) is 3.06. The van der Waals surface area contributed by atoms with E-state index >= 15 is 0 Å². The van der Waals surface area contributed by atoms with Crippen LogP contribution in [-0.4, -0.2) is 16.6 Å². The maximum absolute atomic E-state index is 4.39. The van der Waals surface area contributed by atoms with Gasteiger partial charge in [-0.25, -0.2) is 4.98 Å². The molecule has 0 fully saturated rings. The van der Waals surface area contributed by atoms with Crippen molar-refractivity contribution in [3.05, 3.63) is 53.6 Å². The highest BCUT2D eigenvalue weighted by Gasteiger charge is 2.15. The fourth-order valence-electron chi connectivity index (χ4n) is 1.86. The topological polar surface area (TPSA) is 29.9 Å². The minimum absolute atomic E-state index is 0.153. The van der Waals surface area contributed by atoms with Crippen LogP contribution in [0.4, 0.5) is 0 Å². The molecule has 0 radical (unpaired) electrons. The second kappa shape index (κ2) is 4.49. The zero-order chi connectivity index (χ0) is 11.5. The Balaban J connectivity index is 2.37. The van der Waals surface area contributed by atoms with E-state index in [4.69, 9.17) is 0 Å². The van der Waals surface area contributed by atoms with Crippen molar-refractivity contribution in [2.75, 3.05) is 7.05 Å². The summed E-state index contributed by atoms with van der Waals surface area (Å²) >= 11 is 0. The van der Waals surface area contributed by atoms with Gasteiger partial charge in [0.2, 0.25) is 0 Å². The summed E-state index contributed by atoms with van der Waals surface area (Å²) in [5, 5.41) is 3.30. The van der Waals surface area contributed by atoms with E-state index in [1.165, 1.54) is 11.1 Å². The van der Waals surface area contributed by atoms with Gasteiger partial charge in [0.05, 0.1) is 6.04 Å². The molecule has 0 bridgehead atoms. The summed E-state index contributed by atoms with van der Waals surface area (Å²) in [6, 6.07) is 8.70. The average molecular weight is 215 g/mol. The number of hydrogen-bond donors (Lipinski definition) is 1. The van der Waals surface area contributed by atoms with Crippen LogP contribution in [0.25, 0.3) is 0 Å². The van der Waals surface area contributed by atoms with Crippen LogP contribution in [-0.2, 0) is 7.05 Å². The molecule has 1 aromatic heterocycles. The molecule has 0 aliphatic rings. The monoisotopic (exact) mass is 215 g/mol. The molecule has 1 heterocycles. The summed E-state index contributed by atoms with van der Waals surface area (Å²) in [6.07, 6.45) is 3.79. The molecule has 0 saturated heterocycles. The largest absolute Gasteiger partial charge is 0.336 e. The summed E-state index contributed by atoms with van der Waals surface area (Å²) < 4.78 is 2.04. The summed E-state index contributed by atoms with van der Waals surface area (Å²) in [5.41, 5.74) is 2.51. The molecule has 1 unspecified atom stereocenters. The van der Waals surface area contributed by atoms with Gasteiger partial charge in [-0.15, -0.1) is 0 Å². The molecule has 84 valence electrons. The van der Waals surface area contributed by atoms with E-state index in [9.17, 15) is 0 Å². The molecular weight excluding hydrogens is 198 g/mol. The van der Waals surface area contributed by atoms with Gasteiger partial charge in [0.15, 0.2) is 0 Å². The van der Waals surface area contributed by atoms with E-state index in [0.29, 0.717) is 0 Å². The van der Waals surface area contributed by atoms with E-state index in [2.05, 4.69) is 41.5 Å².